The minimum atomic E-state index is -0.466. The Bertz CT molecular complexity index is 1200. The van der Waals surface area contributed by atoms with Gasteiger partial charge in [0.25, 0.3) is 5.91 Å². The highest BCUT2D eigenvalue weighted by Gasteiger charge is 2.22. The smallest absolute Gasteiger partial charge is 0.276 e. The second-order valence-electron chi connectivity index (χ2n) is 6.31. The van der Waals surface area contributed by atoms with Crippen LogP contribution in [0.5, 0.6) is 5.75 Å². The molecule has 4 rings (SSSR count). The molecule has 0 aliphatic heterocycles. The number of hydrogen-bond acceptors (Lipinski definition) is 5. The number of carbonyl (C=O) groups is 1. The lowest BCUT2D eigenvalue weighted by Gasteiger charge is -2.09. The van der Waals surface area contributed by atoms with Crippen LogP contribution in [-0.2, 0) is 6.54 Å². The highest BCUT2D eigenvalue weighted by atomic mass is 16.5. The average molecular weight is 363 g/mol. The molecule has 0 radical (unpaired) electrons. The van der Waals surface area contributed by atoms with Gasteiger partial charge in [0.2, 0.25) is 11.2 Å². The van der Waals surface area contributed by atoms with Gasteiger partial charge in [-0.3, -0.25) is 4.79 Å². The normalized spacial score (nSPS) is 11.2. The maximum Gasteiger partial charge on any atom is 0.276 e. The van der Waals surface area contributed by atoms with Gasteiger partial charge in [-0.1, -0.05) is 18.2 Å². The fourth-order valence-electron chi connectivity index (χ4n) is 3.17. The third kappa shape index (κ3) is 2.73. The van der Waals surface area contributed by atoms with E-state index < -0.39 is 5.91 Å². The quantitative estimate of drug-likeness (QED) is 0.430. The number of rotatable bonds is 3. The Morgan fingerprint density at radius 2 is 2.00 bits per heavy atom. The van der Waals surface area contributed by atoms with Gasteiger partial charge in [-0.25, -0.2) is 4.98 Å². The van der Waals surface area contributed by atoms with Crippen LogP contribution < -0.4 is 10.0 Å². The van der Waals surface area contributed by atoms with Crippen molar-refractivity contribution < 1.29 is 19.0 Å². The van der Waals surface area contributed by atoms with Gasteiger partial charge in [-0.2, -0.15) is 4.73 Å². The Balaban J connectivity index is 1.64. The molecule has 0 unspecified atom stereocenters. The van der Waals surface area contributed by atoms with Crippen molar-refractivity contribution >= 4 is 27.9 Å². The van der Waals surface area contributed by atoms with E-state index >= 15 is 0 Å². The zero-order valence-electron chi connectivity index (χ0n) is 14.8. The molecule has 7 nitrogen and oxygen atoms in total. The number of fused-ring (bicyclic) bond motifs is 2. The standard InChI is InChI=1S/C20H17N3O4/c1-11-17(27-16-9-5-8-15(24)18(11)16)10-21-20(25)19-12(2)23(26)14-7-4-3-6-13(14)22-19/h3-9,24H,10H2,1-2H3,(H,21,25). The Hall–Kier alpha value is -3.61. The Labute approximate surface area is 154 Å². The van der Waals surface area contributed by atoms with Crippen molar-refractivity contribution in [2.45, 2.75) is 20.4 Å². The summed E-state index contributed by atoms with van der Waals surface area (Å²) >= 11 is 0. The van der Waals surface area contributed by atoms with E-state index in [1.54, 1.807) is 49.4 Å². The van der Waals surface area contributed by atoms with Crippen molar-refractivity contribution in [1.82, 2.24) is 10.3 Å². The summed E-state index contributed by atoms with van der Waals surface area (Å²) in [5.74, 6) is 0.200. The maximum absolute atomic E-state index is 12.6. The summed E-state index contributed by atoms with van der Waals surface area (Å²) in [7, 11) is 0. The number of benzene rings is 2. The Kier molecular flexibility index (Phi) is 3.92. The predicted octanol–water partition coefficient (Wildman–Crippen LogP) is 2.87. The molecule has 2 N–H and O–H groups in total. The molecule has 0 aliphatic rings. The molecule has 0 atom stereocenters. The lowest BCUT2D eigenvalue weighted by atomic mass is 10.1. The van der Waals surface area contributed by atoms with Gasteiger partial charge in [-0.05, 0) is 25.1 Å². The van der Waals surface area contributed by atoms with Gasteiger partial charge in [0.05, 0.1) is 11.9 Å². The number of carbonyl (C=O) groups excluding carboxylic acids is 1. The minimum absolute atomic E-state index is 0.0697. The first-order valence-corrected chi connectivity index (χ1v) is 8.44. The van der Waals surface area contributed by atoms with Crippen molar-refractivity contribution in [2.75, 3.05) is 0 Å². The monoisotopic (exact) mass is 363 g/mol. The van der Waals surface area contributed by atoms with Crippen LogP contribution in [0, 0.1) is 19.1 Å². The number of aryl methyl sites for hydroxylation is 1. The van der Waals surface area contributed by atoms with Gasteiger partial charge < -0.3 is 20.0 Å². The summed E-state index contributed by atoms with van der Waals surface area (Å²) in [4.78, 5) is 16.9. The largest absolute Gasteiger partial charge is 0.618 e. The molecule has 4 aromatic rings. The zero-order valence-corrected chi connectivity index (χ0v) is 14.8. The van der Waals surface area contributed by atoms with E-state index in [0.717, 1.165) is 5.56 Å². The van der Waals surface area contributed by atoms with Crippen molar-refractivity contribution in [1.29, 1.82) is 0 Å². The van der Waals surface area contributed by atoms with E-state index in [1.807, 2.05) is 6.92 Å². The van der Waals surface area contributed by atoms with Crippen LogP contribution in [0.3, 0.4) is 0 Å². The molecule has 0 aliphatic carbocycles. The number of aromatic hydroxyl groups is 1. The number of aromatic nitrogens is 2. The molecule has 0 bridgehead atoms. The number of nitrogens with one attached hydrogen (secondary N) is 1. The first-order chi connectivity index (χ1) is 13.0. The summed E-state index contributed by atoms with van der Waals surface area (Å²) in [5, 5.41) is 25.7. The number of phenols is 1. The van der Waals surface area contributed by atoms with Gasteiger partial charge >= 0.3 is 0 Å². The molecule has 1 amide bonds. The van der Waals surface area contributed by atoms with Crippen LogP contribution in [0.2, 0.25) is 0 Å². The lowest BCUT2D eigenvalue weighted by molar-refractivity contribution is -0.584. The highest BCUT2D eigenvalue weighted by Crippen LogP contribution is 2.32. The second kappa shape index (κ2) is 6.28. The minimum Gasteiger partial charge on any atom is -0.618 e. The van der Waals surface area contributed by atoms with Gasteiger partial charge in [-0.15, -0.1) is 0 Å². The summed E-state index contributed by atoms with van der Waals surface area (Å²) in [5.41, 5.74) is 2.47. The molecule has 2 aromatic carbocycles. The second-order valence-corrected chi connectivity index (χ2v) is 6.31. The number of nitrogens with zero attached hydrogens (tertiary/aromatic N) is 2. The van der Waals surface area contributed by atoms with Crippen LogP contribution in [0.25, 0.3) is 22.0 Å². The Morgan fingerprint density at radius 3 is 2.78 bits per heavy atom. The van der Waals surface area contributed by atoms with Crippen molar-refractivity contribution in [3.05, 3.63) is 70.4 Å². The molecule has 0 fully saturated rings. The molecular weight excluding hydrogens is 346 g/mol. The van der Waals surface area contributed by atoms with Gasteiger partial charge in [0, 0.05) is 18.6 Å². The van der Waals surface area contributed by atoms with Crippen LogP contribution >= 0.6 is 0 Å². The van der Waals surface area contributed by atoms with Crippen LogP contribution in [0.1, 0.15) is 27.5 Å². The summed E-state index contributed by atoms with van der Waals surface area (Å²) in [6.45, 7) is 3.50. The van der Waals surface area contributed by atoms with Crippen molar-refractivity contribution in [2.24, 2.45) is 0 Å². The van der Waals surface area contributed by atoms with E-state index in [4.69, 9.17) is 4.42 Å². The van der Waals surface area contributed by atoms with E-state index in [-0.39, 0.29) is 23.7 Å². The average Bonchev–Trinajstić information content (AvgIpc) is 2.99. The molecular formula is C20H17N3O4. The number of amides is 1. The molecule has 0 saturated heterocycles. The molecule has 27 heavy (non-hydrogen) atoms. The summed E-state index contributed by atoms with van der Waals surface area (Å²) in [6, 6.07) is 11.9. The number of para-hydroxylation sites is 2. The van der Waals surface area contributed by atoms with E-state index in [0.29, 0.717) is 32.5 Å². The predicted molar refractivity (Wildman–Crippen MR) is 99.2 cm³/mol. The molecule has 7 heteroatoms. The molecule has 0 spiro atoms. The number of phenolic OH excluding ortho intramolecular Hbond substituents is 1. The molecule has 0 saturated carbocycles. The lowest BCUT2D eigenvalue weighted by Crippen LogP contribution is -2.36. The van der Waals surface area contributed by atoms with Crippen molar-refractivity contribution in [3.8, 4) is 5.75 Å². The van der Waals surface area contributed by atoms with E-state index in [9.17, 15) is 15.1 Å². The fourth-order valence-corrected chi connectivity index (χ4v) is 3.17. The summed E-state index contributed by atoms with van der Waals surface area (Å²) < 4.78 is 6.44. The first-order valence-electron chi connectivity index (χ1n) is 8.44. The number of hydrogen-bond donors (Lipinski definition) is 2. The third-order valence-corrected chi connectivity index (χ3v) is 4.64. The third-order valence-electron chi connectivity index (χ3n) is 4.64. The van der Waals surface area contributed by atoms with E-state index in [2.05, 4.69) is 10.3 Å². The summed E-state index contributed by atoms with van der Waals surface area (Å²) in [6.07, 6.45) is 0. The SMILES string of the molecule is Cc1c(CNC(=O)c2nc3ccccc3[n+]([O-])c2C)oc2cccc(O)c12. The van der Waals surface area contributed by atoms with Gasteiger partial charge in [0.15, 0.2) is 5.69 Å². The number of furan rings is 1. The van der Waals surface area contributed by atoms with E-state index in [1.165, 1.54) is 0 Å². The van der Waals surface area contributed by atoms with Crippen LogP contribution in [0.4, 0.5) is 0 Å². The van der Waals surface area contributed by atoms with Crippen LogP contribution in [-0.4, -0.2) is 16.0 Å². The topological polar surface area (TPSA) is 102 Å². The molecule has 2 heterocycles. The van der Waals surface area contributed by atoms with Crippen molar-refractivity contribution in [3.63, 3.8) is 0 Å². The highest BCUT2D eigenvalue weighted by molar-refractivity contribution is 5.94. The molecule has 2 aromatic heterocycles. The maximum atomic E-state index is 12.6. The molecule has 136 valence electrons. The zero-order chi connectivity index (χ0) is 19.1. The van der Waals surface area contributed by atoms with Crippen LogP contribution in [0.15, 0.2) is 46.9 Å². The first kappa shape index (κ1) is 16.8. The van der Waals surface area contributed by atoms with Gasteiger partial charge in [0.1, 0.15) is 22.6 Å². The Morgan fingerprint density at radius 1 is 1.22 bits per heavy atom. The fraction of sp³-hybridized carbons (Fsp3) is 0.150.